The molecule has 0 aromatic heterocycles. The summed E-state index contributed by atoms with van der Waals surface area (Å²) in [6, 6.07) is 12.1. The van der Waals surface area contributed by atoms with Crippen molar-refractivity contribution in [2.75, 3.05) is 28.7 Å². The molecule has 1 unspecified atom stereocenters. The zero-order chi connectivity index (χ0) is 22.0. The standard InChI is InChI=1S/C22H23N5O4/c23-21(24)14-1-5-15(6-2-14)25-20(29)12-18-22(30)27(9-10-31-18)16-7-3-13-4-8-19(28)26-17(13)11-16/h1-3,5-7,11,18H,4,8-10,12H2,(H3,23,24)(H,25,29)(H,26,28). The maximum atomic E-state index is 13.0. The smallest absolute Gasteiger partial charge is 0.256 e. The molecule has 0 spiro atoms. The molecule has 5 N–H and O–H groups in total. The predicted molar refractivity (Wildman–Crippen MR) is 116 cm³/mol. The number of hydrogen-bond acceptors (Lipinski definition) is 5. The summed E-state index contributed by atoms with van der Waals surface area (Å²) in [5.74, 6) is -0.742. The van der Waals surface area contributed by atoms with Crippen molar-refractivity contribution in [2.24, 2.45) is 5.73 Å². The molecule has 160 valence electrons. The number of morpholine rings is 1. The Hall–Kier alpha value is -3.72. The summed E-state index contributed by atoms with van der Waals surface area (Å²) in [5.41, 5.74) is 8.95. The van der Waals surface area contributed by atoms with Crippen molar-refractivity contribution in [3.05, 3.63) is 53.6 Å². The number of carbonyl (C=O) groups excluding carboxylic acids is 3. The van der Waals surface area contributed by atoms with Gasteiger partial charge in [-0.3, -0.25) is 19.8 Å². The number of nitrogens with one attached hydrogen (secondary N) is 3. The predicted octanol–water partition coefficient (Wildman–Crippen LogP) is 1.62. The van der Waals surface area contributed by atoms with Gasteiger partial charge in [0.05, 0.1) is 13.0 Å². The first kappa shape index (κ1) is 20.5. The number of benzene rings is 2. The lowest BCUT2D eigenvalue weighted by Gasteiger charge is -2.33. The number of nitrogens with two attached hydrogens (primary N) is 1. The van der Waals surface area contributed by atoms with Gasteiger partial charge in [0.15, 0.2) is 0 Å². The Labute approximate surface area is 179 Å². The van der Waals surface area contributed by atoms with Crippen LogP contribution in [-0.2, 0) is 25.5 Å². The molecule has 1 atom stereocenters. The minimum absolute atomic E-state index is 0.0381. The van der Waals surface area contributed by atoms with Crippen LogP contribution in [0.25, 0.3) is 0 Å². The maximum absolute atomic E-state index is 13.0. The van der Waals surface area contributed by atoms with E-state index in [9.17, 15) is 14.4 Å². The summed E-state index contributed by atoms with van der Waals surface area (Å²) in [7, 11) is 0. The van der Waals surface area contributed by atoms with Crippen LogP contribution in [0.4, 0.5) is 17.1 Å². The van der Waals surface area contributed by atoms with E-state index in [2.05, 4.69) is 10.6 Å². The zero-order valence-electron chi connectivity index (χ0n) is 16.8. The molecule has 0 radical (unpaired) electrons. The summed E-state index contributed by atoms with van der Waals surface area (Å²) < 4.78 is 5.56. The fraction of sp³-hybridized carbons (Fsp3) is 0.273. The molecule has 4 rings (SSSR count). The summed E-state index contributed by atoms with van der Waals surface area (Å²) >= 11 is 0. The van der Waals surface area contributed by atoms with Crippen LogP contribution in [-0.4, -0.2) is 42.8 Å². The van der Waals surface area contributed by atoms with Crippen molar-refractivity contribution in [1.82, 2.24) is 0 Å². The molecule has 2 aromatic rings. The van der Waals surface area contributed by atoms with E-state index < -0.39 is 6.10 Å². The topological polar surface area (TPSA) is 138 Å². The monoisotopic (exact) mass is 421 g/mol. The molecule has 31 heavy (non-hydrogen) atoms. The van der Waals surface area contributed by atoms with E-state index in [1.807, 2.05) is 12.1 Å². The van der Waals surface area contributed by atoms with E-state index in [-0.39, 0.29) is 30.0 Å². The number of amides is 3. The highest BCUT2D eigenvalue weighted by molar-refractivity contribution is 6.03. The number of ether oxygens (including phenoxy) is 1. The molecular weight excluding hydrogens is 398 g/mol. The Kier molecular flexibility index (Phi) is 5.68. The van der Waals surface area contributed by atoms with Crippen molar-refractivity contribution >= 4 is 40.6 Å². The highest BCUT2D eigenvalue weighted by Crippen LogP contribution is 2.29. The summed E-state index contributed by atoms with van der Waals surface area (Å²) in [6.07, 6.45) is 0.119. The Morgan fingerprint density at radius 1 is 1.19 bits per heavy atom. The third-order valence-electron chi connectivity index (χ3n) is 5.33. The van der Waals surface area contributed by atoms with Crippen LogP contribution in [0.2, 0.25) is 0 Å². The van der Waals surface area contributed by atoms with Crippen molar-refractivity contribution in [2.45, 2.75) is 25.4 Å². The number of anilines is 3. The number of hydrogen-bond donors (Lipinski definition) is 4. The fourth-order valence-electron chi connectivity index (χ4n) is 3.69. The van der Waals surface area contributed by atoms with E-state index in [4.69, 9.17) is 15.9 Å². The molecule has 1 fully saturated rings. The lowest BCUT2D eigenvalue weighted by Crippen LogP contribution is -2.49. The van der Waals surface area contributed by atoms with Gasteiger partial charge in [0, 0.05) is 35.6 Å². The van der Waals surface area contributed by atoms with Crippen molar-refractivity contribution in [3.63, 3.8) is 0 Å². The van der Waals surface area contributed by atoms with Crippen LogP contribution in [0, 0.1) is 5.41 Å². The second-order valence-corrected chi connectivity index (χ2v) is 7.48. The molecule has 2 aromatic carbocycles. The van der Waals surface area contributed by atoms with Crippen LogP contribution in [0.5, 0.6) is 0 Å². The zero-order valence-corrected chi connectivity index (χ0v) is 16.8. The minimum Gasteiger partial charge on any atom is -0.384 e. The normalized spacial score (nSPS) is 18.2. The Bertz CT molecular complexity index is 1050. The quantitative estimate of drug-likeness (QED) is 0.429. The first-order chi connectivity index (χ1) is 14.9. The number of nitrogens with zero attached hydrogens (tertiary/aromatic N) is 1. The molecule has 9 heteroatoms. The van der Waals surface area contributed by atoms with Gasteiger partial charge in [-0.05, 0) is 48.4 Å². The number of rotatable bonds is 5. The first-order valence-corrected chi connectivity index (χ1v) is 10.0. The Morgan fingerprint density at radius 3 is 2.71 bits per heavy atom. The summed E-state index contributed by atoms with van der Waals surface area (Å²) in [6.45, 7) is 0.677. The average Bonchev–Trinajstić information content (AvgIpc) is 2.75. The van der Waals surface area contributed by atoms with E-state index in [1.54, 1.807) is 35.2 Å². The van der Waals surface area contributed by atoms with Gasteiger partial charge in [-0.25, -0.2) is 0 Å². The highest BCUT2D eigenvalue weighted by atomic mass is 16.5. The third-order valence-corrected chi connectivity index (χ3v) is 5.33. The summed E-state index contributed by atoms with van der Waals surface area (Å²) in [4.78, 5) is 38.7. The number of carbonyl (C=O) groups is 3. The number of nitrogen functional groups attached to an aromatic ring is 1. The first-order valence-electron chi connectivity index (χ1n) is 10.0. The second kappa shape index (κ2) is 8.57. The van der Waals surface area contributed by atoms with Gasteiger partial charge >= 0.3 is 0 Å². The average molecular weight is 421 g/mol. The molecule has 2 heterocycles. The molecule has 0 saturated carbocycles. The van der Waals surface area contributed by atoms with E-state index in [0.717, 1.165) is 11.3 Å². The van der Waals surface area contributed by atoms with Crippen LogP contribution in [0.3, 0.4) is 0 Å². The molecular formula is C22H23N5O4. The van der Waals surface area contributed by atoms with Gasteiger partial charge in [-0.2, -0.15) is 0 Å². The van der Waals surface area contributed by atoms with Gasteiger partial charge in [0.2, 0.25) is 11.8 Å². The van der Waals surface area contributed by atoms with Crippen LogP contribution >= 0.6 is 0 Å². The summed E-state index contributed by atoms with van der Waals surface area (Å²) in [5, 5.41) is 13.0. The minimum atomic E-state index is -0.893. The lowest BCUT2D eigenvalue weighted by atomic mass is 10.0. The number of fused-ring (bicyclic) bond motifs is 1. The second-order valence-electron chi connectivity index (χ2n) is 7.48. The van der Waals surface area contributed by atoms with Crippen molar-refractivity contribution in [3.8, 4) is 0 Å². The van der Waals surface area contributed by atoms with E-state index in [0.29, 0.717) is 42.9 Å². The number of amidine groups is 1. The third kappa shape index (κ3) is 4.56. The maximum Gasteiger partial charge on any atom is 0.256 e. The van der Waals surface area contributed by atoms with E-state index in [1.165, 1.54) is 0 Å². The van der Waals surface area contributed by atoms with Crippen molar-refractivity contribution < 1.29 is 19.1 Å². The van der Waals surface area contributed by atoms with Crippen LogP contribution in [0.15, 0.2) is 42.5 Å². The molecule has 0 bridgehead atoms. The highest BCUT2D eigenvalue weighted by Gasteiger charge is 2.32. The van der Waals surface area contributed by atoms with Gasteiger partial charge in [0.25, 0.3) is 5.91 Å². The largest absolute Gasteiger partial charge is 0.384 e. The Morgan fingerprint density at radius 2 is 1.97 bits per heavy atom. The lowest BCUT2D eigenvalue weighted by molar-refractivity contribution is -0.137. The molecule has 9 nitrogen and oxygen atoms in total. The number of aryl methyl sites for hydroxylation is 1. The SMILES string of the molecule is N=C(N)c1ccc(NC(=O)CC2OCCN(c3ccc4c(c3)NC(=O)CC4)C2=O)cc1. The Balaban J connectivity index is 1.41. The molecule has 0 aliphatic carbocycles. The van der Waals surface area contributed by atoms with Crippen LogP contribution in [0.1, 0.15) is 24.0 Å². The molecule has 3 amide bonds. The van der Waals surface area contributed by atoms with Gasteiger partial charge in [-0.1, -0.05) is 6.07 Å². The fourth-order valence-corrected chi connectivity index (χ4v) is 3.69. The van der Waals surface area contributed by atoms with Gasteiger partial charge in [0.1, 0.15) is 11.9 Å². The van der Waals surface area contributed by atoms with Crippen LogP contribution < -0.4 is 21.3 Å². The van der Waals surface area contributed by atoms with Crippen molar-refractivity contribution in [1.29, 1.82) is 5.41 Å². The molecule has 2 aliphatic heterocycles. The van der Waals surface area contributed by atoms with Gasteiger partial charge < -0.3 is 26.0 Å². The molecule has 1 saturated heterocycles. The van der Waals surface area contributed by atoms with Gasteiger partial charge in [-0.15, -0.1) is 0 Å². The molecule has 2 aliphatic rings. The van der Waals surface area contributed by atoms with E-state index >= 15 is 0 Å².